The predicted molar refractivity (Wildman–Crippen MR) is 88.3 cm³/mol. The lowest BCUT2D eigenvalue weighted by Gasteiger charge is -2.60. The van der Waals surface area contributed by atoms with Gasteiger partial charge in [0, 0.05) is 17.2 Å². The molecule has 1 amide bonds. The molecule has 0 radical (unpaired) electrons. The molecule has 24 heavy (non-hydrogen) atoms. The van der Waals surface area contributed by atoms with E-state index in [-0.39, 0.29) is 22.8 Å². The van der Waals surface area contributed by atoms with Gasteiger partial charge in [0.15, 0.2) is 0 Å². The third kappa shape index (κ3) is 2.58. The molecule has 4 aliphatic carbocycles. The van der Waals surface area contributed by atoms with Crippen molar-refractivity contribution < 1.29 is 19.9 Å². The molecule has 0 saturated heterocycles. The molecule has 5 rings (SSSR count). The Morgan fingerprint density at radius 3 is 2.54 bits per heavy atom. The van der Waals surface area contributed by atoms with Crippen LogP contribution in [0.4, 0.5) is 5.82 Å². The van der Waals surface area contributed by atoms with Crippen LogP contribution in [0.2, 0.25) is 0 Å². The van der Waals surface area contributed by atoms with Gasteiger partial charge in [-0.2, -0.15) is 0 Å². The van der Waals surface area contributed by atoms with Crippen molar-refractivity contribution in [3.63, 3.8) is 0 Å². The van der Waals surface area contributed by atoms with Gasteiger partial charge < -0.3 is 26.2 Å². The van der Waals surface area contributed by atoms with Crippen molar-refractivity contribution in [2.75, 3.05) is 5.73 Å². The highest BCUT2D eigenvalue weighted by Gasteiger charge is 2.57. The Morgan fingerprint density at radius 2 is 1.96 bits per heavy atom. The summed E-state index contributed by atoms with van der Waals surface area (Å²) in [6, 6.07) is 1.36. The van der Waals surface area contributed by atoms with E-state index in [1.165, 1.54) is 12.3 Å². The number of hydrogen-bond acceptors (Lipinski definition) is 6. The summed E-state index contributed by atoms with van der Waals surface area (Å²) in [6.45, 7) is 0. The average molecular weight is 331 g/mol. The monoisotopic (exact) mass is 331 g/mol. The van der Waals surface area contributed by atoms with E-state index in [0.717, 1.165) is 32.1 Å². The van der Waals surface area contributed by atoms with E-state index in [2.05, 4.69) is 10.3 Å². The lowest BCUT2D eigenvalue weighted by Crippen LogP contribution is -2.65. The van der Waals surface area contributed by atoms with Crippen LogP contribution in [0.15, 0.2) is 12.3 Å². The van der Waals surface area contributed by atoms with Crippen LogP contribution in [-0.4, -0.2) is 44.3 Å². The normalized spacial score (nSPS) is 36.6. The first-order valence-electron chi connectivity index (χ1n) is 8.44. The number of rotatable bonds is 3. The lowest BCUT2D eigenvalue weighted by atomic mass is 9.51. The second-order valence-corrected chi connectivity index (χ2v) is 7.99. The van der Waals surface area contributed by atoms with Gasteiger partial charge in [0.05, 0.1) is 11.2 Å². The lowest BCUT2D eigenvalue weighted by molar-refractivity contribution is -0.139. The smallest absolute Gasteiger partial charge is 0.423 e. The number of pyridine rings is 1. The average Bonchev–Trinajstić information content (AvgIpc) is 2.43. The van der Waals surface area contributed by atoms with E-state index in [9.17, 15) is 19.9 Å². The number of aromatic nitrogens is 1. The number of carbonyl (C=O) groups is 1. The molecule has 6 N–H and O–H groups in total. The van der Waals surface area contributed by atoms with Crippen molar-refractivity contribution >= 4 is 24.3 Å². The maximum absolute atomic E-state index is 12.8. The number of aliphatic hydroxyl groups is 1. The molecule has 0 aliphatic heterocycles. The molecular weight excluding hydrogens is 309 g/mol. The summed E-state index contributed by atoms with van der Waals surface area (Å²) < 4.78 is 0. The number of amides is 1. The Bertz CT molecular complexity index is 682. The summed E-state index contributed by atoms with van der Waals surface area (Å²) in [6.07, 6.45) is 6.38. The van der Waals surface area contributed by atoms with Crippen LogP contribution in [0, 0.1) is 11.8 Å². The van der Waals surface area contributed by atoms with Gasteiger partial charge in [-0.3, -0.25) is 4.79 Å². The van der Waals surface area contributed by atoms with E-state index >= 15 is 0 Å². The number of carbonyl (C=O) groups excluding carboxylic acids is 1. The Morgan fingerprint density at radius 1 is 1.29 bits per heavy atom. The molecule has 128 valence electrons. The number of nitrogen functional groups attached to an aromatic ring is 1. The quantitative estimate of drug-likeness (QED) is 0.459. The molecular formula is C16H22BN3O4. The van der Waals surface area contributed by atoms with Gasteiger partial charge in [-0.05, 0) is 56.4 Å². The fraction of sp³-hybridized carbons (Fsp3) is 0.625. The van der Waals surface area contributed by atoms with Gasteiger partial charge in [0.1, 0.15) is 5.82 Å². The van der Waals surface area contributed by atoms with E-state index < -0.39 is 18.3 Å². The minimum atomic E-state index is -1.70. The number of hydrogen-bond donors (Lipinski definition) is 5. The van der Waals surface area contributed by atoms with Gasteiger partial charge in [-0.15, -0.1) is 0 Å². The minimum absolute atomic E-state index is 0.0559. The summed E-state index contributed by atoms with van der Waals surface area (Å²) in [5, 5.41) is 32.4. The van der Waals surface area contributed by atoms with Crippen molar-refractivity contribution in [1.82, 2.24) is 10.3 Å². The first kappa shape index (κ1) is 15.9. The van der Waals surface area contributed by atoms with Crippen molar-refractivity contribution in [1.29, 1.82) is 0 Å². The molecule has 8 heteroatoms. The molecule has 0 aromatic carbocycles. The van der Waals surface area contributed by atoms with Crippen LogP contribution in [0.3, 0.4) is 0 Å². The second-order valence-electron chi connectivity index (χ2n) is 7.99. The van der Waals surface area contributed by atoms with E-state index in [1.807, 2.05) is 0 Å². The predicted octanol–water partition coefficient (Wildman–Crippen LogP) is -0.843. The van der Waals surface area contributed by atoms with Crippen LogP contribution in [0.5, 0.6) is 0 Å². The molecule has 4 bridgehead atoms. The van der Waals surface area contributed by atoms with Gasteiger partial charge in [0.2, 0.25) is 0 Å². The molecule has 4 fully saturated rings. The molecule has 4 aliphatic rings. The maximum atomic E-state index is 12.8. The SMILES string of the molecule is Nc1ncc(B(O)O)cc1C(=O)NC12CC3CC(CC(O)(C3)C1)C2. The summed E-state index contributed by atoms with van der Waals surface area (Å²) in [4.78, 5) is 16.6. The van der Waals surface area contributed by atoms with Gasteiger partial charge in [-0.25, -0.2) is 4.98 Å². The van der Waals surface area contributed by atoms with Crippen LogP contribution in [0.25, 0.3) is 0 Å². The third-order valence-electron chi connectivity index (χ3n) is 5.89. The zero-order valence-corrected chi connectivity index (χ0v) is 13.4. The first-order chi connectivity index (χ1) is 11.3. The Labute approximate surface area is 140 Å². The van der Waals surface area contributed by atoms with Gasteiger partial charge >= 0.3 is 7.12 Å². The van der Waals surface area contributed by atoms with E-state index in [1.54, 1.807) is 0 Å². The largest absolute Gasteiger partial charge is 0.490 e. The Hall–Kier alpha value is -1.64. The standard InChI is InChI=1S/C16H22BN3O4/c18-13-12(2-11(7-19-13)17(23)24)14(21)20-15-3-9-1-10(4-15)6-16(22,5-9)8-15/h2,7,9-10,22-24H,1,3-6,8H2,(H2,18,19)(H,20,21). The molecule has 1 aromatic rings. The third-order valence-corrected chi connectivity index (χ3v) is 5.89. The molecule has 1 heterocycles. The first-order valence-corrected chi connectivity index (χ1v) is 8.44. The zero-order chi connectivity index (χ0) is 17.1. The van der Waals surface area contributed by atoms with Crippen molar-refractivity contribution in [2.45, 2.75) is 49.7 Å². The van der Waals surface area contributed by atoms with E-state index in [4.69, 9.17) is 5.73 Å². The van der Waals surface area contributed by atoms with Crippen molar-refractivity contribution in [3.8, 4) is 0 Å². The highest BCUT2D eigenvalue weighted by Crippen LogP contribution is 2.57. The minimum Gasteiger partial charge on any atom is -0.423 e. The molecule has 2 atom stereocenters. The number of nitrogens with zero attached hydrogens (tertiary/aromatic N) is 1. The van der Waals surface area contributed by atoms with Crippen LogP contribution in [0.1, 0.15) is 48.9 Å². The van der Waals surface area contributed by atoms with Crippen molar-refractivity contribution in [3.05, 3.63) is 17.8 Å². The van der Waals surface area contributed by atoms with Crippen LogP contribution >= 0.6 is 0 Å². The molecule has 4 saturated carbocycles. The summed E-state index contributed by atoms with van der Waals surface area (Å²) in [7, 11) is -1.70. The maximum Gasteiger partial charge on any atom is 0.490 e. The van der Waals surface area contributed by atoms with Crippen LogP contribution < -0.4 is 16.5 Å². The molecule has 2 unspecified atom stereocenters. The number of nitrogens with one attached hydrogen (secondary N) is 1. The number of nitrogens with two attached hydrogens (primary N) is 1. The Kier molecular flexibility index (Phi) is 3.42. The fourth-order valence-electron chi connectivity index (χ4n) is 5.48. The van der Waals surface area contributed by atoms with E-state index in [0.29, 0.717) is 18.3 Å². The Balaban J connectivity index is 1.60. The highest BCUT2D eigenvalue weighted by atomic mass is 16.4. The molecule has 0 spiro atoms. The van der Waals surface area contributed by atoms with Gasteiger partial charge in [0.25, 0.3) is 5.91 Å². The van der Waals surface area contributed by atoms with Crippen LogP contribution in [-0.2, 0) is 0 Å². The fourth-order valence-corrected chi connectivity index (χ4v) is 5.48. The topological polar surface area (TPSA) is 129 Å². The summed E-state index contributed by atoms with van der Waals surface area (Å²) in [5.41, 5.74) is 5.01. The molecule has 1 aromatic heterocycles. The second kappa shape index (κ2) is 5.18. The highest BCUT2D eigenvalue weighted by molar-refractivity contribution is 6.58. The van der Waals surface area contributed by atoms with Gasteiger partial charge in [-0.1, -0.05) is 0 Å². The summed E-state index contributed by atoms with van der Waals surface area (Å²) in [5.74, 6) is 0.601. The molecule has 7 nitrogen and oxygen atoms in total. The van der Waals surface area contributed by atoms with Crippen molar-refractivity contribution in [2.24, 2.45) is 11.8 Å². The zero-order valence-electron chi connectivity index (χ0n) is 13.4. The number of anilines is 1. The summed E-state index contributed by atoms with van der Waals surface area (Å²) >= 11 is 0.